The van der Waals surface area contributed by atoms with Gasteiger partial charge in [0.25, 0.3) is 0 Å². The van der Waals surface area contributed by atoms with Crippen molar-refractivity contribution in [3.8, 4) is 6.07 Å². The molecule has 0 spiro atoms. The molecule has 0 heterocycles. The van der Waals surface area contributed by atoms with Crippen LogP contribution in [0.2, 0.25) is 0 Å². The molecule has 0 atom stereocenters. The van der Waals surface area contributed by atoms with E-state index in [9.17, 15) is 0 Å². The van der Waals surface area contributed by atoms with Crippen molar-refractivity contribution in [3.63, 3.8) is 0 Å². The average molecular weight is 330 g/mol. The van der Waals surface area contributed by atoms with Crippen molar-refractivity contribution >= 4 is 0 Å². The Morgan fingerprint density at radius 2 is 2.17 bits per heavy atom. The second-order valence-corrected chi connectivity index (χ2v) is 1.75. The van der Waals surface area contributed by atoms with E-state index in [4.69, 9.17) is 5.26 Å². The maximum Gasteiger partial charge on any atom is 0.0542 e. The third kappa shape index (κ3) is 6.13. The van der Waals surface area contributed by atoms with Crippen LogP contribution in [0.4, 0.5) is 0 Å². The van der Waals surface area contributed by atoms with Crippen LogP contribution >= 0.6 is 0 Å². The zero-order valence-electron chi connectivity index (χ0n) is 7.37. The third-order valence-electron chi connectivity index (χ3n) is 1.05. The summed E-state index contributed by atoms with van der Waals surface area (Å²) in [6.45, 7) is 4.00. The van der Waals surface area contributed by atoms with E-state index in [-0.39, 0.29) is 21.1 Å². The Bertz CT molecular complexity index is 213. The maximum atomic E-state index is 8.26. The molecule has 0 saturated heterocycles. The smallest absolute Gasteiger partial charge is 0.0542 e. The number of nitriles is 1. The van der Waals surface area contributed by atoms with Crippen LogP contribution in [0.3, 0.4) is 0 Å². The van der Waals surface area contributed by atoms with Gasteiger partial charge in [0.1, 0.15) is 0 Å². The van der Waals surface area contributed by atoms with Crippen molar-refractivity contribution in [1.29, 1.82) is 5.26 Å². The minimum atomic E-state index is 0. The van der Waals surface area contributed by atoms with Crippen molar-refractivity contribution in [3.05, 3.63) is 35.9 Å². The van der Waals surface area contributed by atoms with Gasteiger partial charge in [0.05, 0.1) is 6.07 Å². The predicted molar refractivity (Wildman–Crippen MR) is 45.9 cm³/mol. The average Bonchev–Trinajstić information content (AvgIpc) is 2.11. The Morgan fingerprint density at radius 1 is 1.50 bits per heavy atom. The molecule has 1 rings (SSSR count). The summed E-state index contributed by atoms with van der Waals surface area (Å²) in [5.41, 5.74) is 1.03. The molecule has 1 aromatic carbocycles. The number of nitrogens with zero attached hydrogens (tertiary/aromatic N) is 1. The molecular formula is C10H12NW-. The first-order valence-corrected chi connectivity index (χ1v) is 3.75. The quantitative estimate of drug-likeness (QED) is 0.726. The van der Waals surface area contributed by atoms with Gasteiger partial charge < -0.3 is 0 Å². The van der Waals surface area contributed by atoms with Gasteiger partial charge in [0.15, 0.2) is 0 Å². The molecule has 0 fully saturated rings. The molecule has 0 aliphatic carbocycles. The van der Waals surface area contributed by atoms with E-state index >= 15 is 0 Å². The normalized spacial score (nSPS) is 6.75. The monoisotopic (exact) mass is 330 g/mol. The van der Waals surface area contributed by atoms with Crippen LogP contribution in [0.5, 0.6) is 0 Å². The molecule has 0 amide bonds. The number of rotatable bonds is 1. The first-order chi connectivity index (χ1) is 5.43. The molecule has 64 valence electrons. The Morgan fingerprint density at radius 3 is 2.58 bits per heavy atom. The Balaban J connectivity index is 0. The first kappa shape index (κ1) is 14.0. The first-order valence-electron chi connectivity index (χ1n) is 3.75. The largest absolute Gasteiger partial charge is 0.199 e. The fourth-order valence-electron chi connectivity index (χ4n) is 0.632. The van der Waals surface area contributed by atoms with Gasteiger partial charge >= 0.3 is 0 Å². The van der Waals surface area contributed by atoms with E-state index in [0.717, 1.165) is 5.56 Å². The summed E-state index contributed by atoms with van der Waals surface area (Å²) in [7, 11) is 0. The summed E-state index contributed by atoms with van der Waals surface area (Å²) in [5, 5.41) is 8.26. The van der Waals surface area contributed by atoms with Crippen LogP contribution in [0, 0.1) is 17.4 Å². The van der Waals surface area contributed by atoms with E-state index in [0.29, 0.717) is 6.42 Å². The summed E-state index contributed by atoms with van der Waals surface area (Å²) < 4.78 is 0. The van der Waals surface area contributed by atoms with Crippen molar-refractivity contribution in [2.75, 3.05) is 0 Å². The fraction of sp³-hybridized carbons (Fsp3) is 0.300. The molecule has 0 aliphatic heterocycles. The summed E-state index contributed by atoms with van der Waals surface area (Å²) in [6, 6.07) is 12.4. The van der Waals surface area contributed by atoms with Crippen LogP contribution in [-0.4, -0.2) is 0 Å². The van der Waals surface area contributed by atoms with Gasteiger partial charge in [-0.2, -0.15) is 35.6 Å². The summed E-state index contributed by atoms with van der Waals surface area (Å²) in [6.07, 6.45) is 0.483. The van der Waals surface area contributed by atoms with Crippen molar-refractivity contribution in [1.82, 2.24) is 0 Å². The number of benzene rings is 1. The third-order valence-corrected chi connectivity index (χ3v) is 1.05. The van der Waals surface area contributed by atoms with Crippen molar-refractivity contribution in [2.45, 2.75) is 20.3 Å². The topological polar surface area (TPSA) is 23.8 Å². The van der Waals surface area contributed by atoms with Gasteiger partial charge in [0, 0.05) is 27.5 Å². The van der Waals surface area contributed by atoms with Gasteiger partial charge in [-0.15, -0.1) is 5.56 Å². The van der Waals surface area contributed by atoms with Crippen LogP contribution < -0.4 is 0 Å². The van der Waals surface area contributed by atoms with Gasteiger partial charge in [-0.1, -0.05) is 13.8 Å². The van der Waals surface area contributed by atoms with Crippen LogP contribution in [-0.2, 0) is 27.5 Å². The van der Waals surface area contributed by atoms with E-state index < -0.39 is 0 Å². The van der Waals surface area contributed by atoms with E-state index in [1.165, 1.54) is 0 Å². The number of hydrogen-bond acceptors (Lipinski definition) is 1. The van der Waals surface area contributed by atoms with Crippen LogP contribution in [0.15, 0.2) is 24.3 Å². The van der Waals surface area contributed by atoms with Crippen LogP contribution in [0.25, 0.3) is 0 Å². The molecular weight excluding hydrogens is 318 g/mol. The molecule has 0 N–H and O–H groups in total. The van der Waals surface area contributed by atoms with Crippen molar-refractivity contribution < 1.29 is 21.1 Å². The van der Waals surface area contributed by atoms with Gasteiger partial charge in [-0.3, -0.25) is 0 Å². The number of hydrogen-bond donors (Lipinski definition) is 0. The maximum absolute atomic E-state index is 8.26. The molecule has 2 heteroatoms. The molecule has 12 heavy (non-hydrogen) atoms. The molecule has 1 nitrogen and oxygen atoms in total. The predicted octanol–water partition coefficient (Wildman–Crippen LogP) is 2.58. The minimum absolute atomic E-state index is 0. The van der Waals surface area contributed by atoms with E-state index in [1.54, 1.807) is 0 Å². The standard InChI is InChI=1S/C8H6N.C2H6.W/c9-7-6-8-4-2-1-3-5-8;1-2;/h1-2,4-5H,6H2;1-2H3;/q-1;;. The second kappa shape index (κ2) is 10.4. The Hall–Kier alpha value is -0.602. The zero-order valence-corrected chi connectivity index (χ0v) is 10.3. The fourth-order valence-corrected chi connectivity index (χ4v) is 0.632. The zero-order chi connectivity index (χ0) is 8.53. The van der Waals surface area contributed by atoms with E-state index in [2.05, 4.69) is 12.1 Å². The van der Waals surface area contributed by atoms with Gasteiger partial charge in [-0.25, -0.2) is 0 Å². The SMILES string of the molecule is CC.N#CCc1c[c-]ccc1.[W]. The Kier molecular flexibility index (Phi) is 12.1. The summed E-state index contributed by atoms with van der Waals surface area (Å²) in [5.74, 6) is 0. The Labute approximate surface area is 88.7 Å². The summed E-state index contributed by atoms with van der Waals surface area (Å²) in [4.78, 5) is 0. The molecule has 0 saturated carbocycles. The van der Waals surface area contributed by atoms with Crippen molar-refractivity contribution in [2.24, 2.45) is 0 Å². The molecule has 0 aromatic heterocycles. The van der Waals surface area contributed by atoms with Gasteiger partial charge in [-0.05, 0) is 0 Å². The second-order valence-electron chi connectivity index (χ2n) is 1.75. The molecule has 1 aromatic rings. The van der Waals surface area contributed by atoms with Crippen LogP contribution in [0.1, 0.15) is 19.4 Å². The molecule has 0 radical (unpaired) electrons. The van der Waals surface area contributed by atoms with Gasteiger partial charge in [0.2, 0.25) is 0 Å². The summed E-state index contributed by atoms with van der Waals surface area (Å²) >= 11 is 0. The van der Waals surface area contributed by atoms with E-state index in [1.807, 2.05) is 38.1 Å². The minimum Gasteiger partial charge on any atom is -0.199 e. The molecule has 0 aliphatic rings. The molecule has 0 unspecified atom stereocenters. The molecule has 0 bridgehead atoms.